The average Bonchev–Trinajstić information content (AvgIpc) is 3.23. The molecule has 0 radical (unpaired) electrons. The minimum absolute atomic E-state index is 0.0113. The lowest BCUT2D eigenvalue weighted by Gasteiger charge is -2.38. The van der Waals surface area contributed by atoms with Gasteiger partial charge < -0.3 is 14.3 Å². The molecule has 1 atom stereocenters. The molecular weight excluding hydrogens is 356 g/mol. The molecule has 0 spiro atoms. The van der Waals surface area contributed by atoms with Crippen LogP contribution in [0.25, 0.3) is 0 Å². The number of carbonyl (C=O) groups is 2. The number of likely N-dealkylation sites (tertiary alicyclic amines) is 1. The molecule has 0 N–H and O–H groups in total. The second-order valence-corrected chi connectivity index (χ2v) is 8.26. The van der Waals surface area contributed by atoms with Crippen LogP contribution in [0.1, 0.15) is 54.9 Å². The van der Waals surface area contributed by atoms with Crippen molar-refractivity contribution in [2.75, 3.05) is 24.5 Å². The Morgan fingerprint density at radius 3 is 2.57 bits per heavy atom. The Kier molecular flexibility index (Phi) is 4.69. The van der Waals surface area contributed by atoms with E-state index in [1.165, 1.54) is 5.56 Å². The smallest absolute Gasteiger partial charge is 0.233 e. The van der Waals surface area contributed by atoms with Crippen molar-refractivity contribution < 1.29 is 14.1 Å². The lowest BCUT2D eigenvalue weighted by molar-refractivity contribution is -0.140. The van der Waals surface area contributed by atoms with Crippen molar-refractivity contribution in [1.29, 1.82) is 0 Å². The van der Waals surface area contributed by atoms with E-state index in [0.29, 0.717) is 31.3 Å². The van der Waals surface area contributed by atoms with E-state index in [-0.39, 0.29) is 36.0 Å². The van der Waals surface area contributed by atoms with E-state index >= 15 is 0 Å². The monoisotopic (exact) mass is 382 g/mol. The van der Waals surface area contributed by atoms with Gasteiger partial charge in [0.1, 0.15) is 0 Å². The molecule has 1 aromatic heterocycles. The van der Waals surface area contributed by atoms with Crippen LogP contribution in [0.5, 0.6) is 0 Å². The standard InChI is InChI=1S/C21H26N4O3/c1-12(2)19-22-20(28-23-19)16-9-24(10-16)21(27)15-8-18(26)25(11-15)17-6-5-13(3)14(4)7-17/h5-7,12,15-16H,8-11H2,1-4H3. The predicted octanol–water partition coefficient (Wildman–Crippen LogP) is 2.79. The second kappa shape index (κ2) is 7.04. The van der Waals surface area contributed by atoms with Crippen LogP contribution < -0.4 is 4.90 Å². The number of hydrogen-bond acceptors (Lipinski definition) is 5. The number of aromatic nitrogens is 2. The molecule has 2 amide bonds. The van der Waals surface area contributed by atoms with Gasteiger partial charge >= 0.3 is 0 Å². The number of nitrogens with zero attached hydrogens (tertiary/aromatic N) is 4. The summed E-state index contributed by atoms with van der Waals surface area (Å²) < 4.78 is 5.33. The van der Waals surface area contributed by atoms with Crippen LogP contribution in [0.3, 0.4) is 0 Å². The maximum absolute atomic E-state index is 12.8. The number of anilines is 1. The van der Waals surface area contributed by atoms with Crippen LogP contribution in [0.2, 0.25) is 0 Å². The summed E-state index contributed by atoms with van der Waals surface area (Å²) in [6.45, 7) is 9.71. The van der Waals surface area contributed by atoms with Crippen molar-refractivity contribution in [2.45, 2.75) is 46.0 Å². The molecule has 28 heavy (non-hydrogen) atoms. The maximum Gasteiger partial charge on any atom is 0.233 e. The summed E-state index contributed by atoms with van der Waals surface area (Å²) >= 11 is 0. The first kappa shape index (κ1) is 18.7. The first-order chi connectivity index (χ1) is 13.3. The molecule has 1 unspecified atom stereocenters. The number of aryl methyl sites for hydroxylation is 2. The zero-order chi connectivity index (χ0) is 20.0. The van der Waals surface area contributed by atoms with Crippen molar-refractivity contribution in [3.05, 3.63) is 41.0 Å². The molecule has 1 aromatic carbocycles. The van der Waals surface area contributed by atoms with Gasteiger partial charge in [0, 0.05) is 37.7 Å². The second-order valence-electron chi connectivity index (χ2n) is 8.26. The quantitative estimate of drug-likeness (QED) is 0.812. The molecule has 4 rings (SSSR count). The summed E-state index contributed by atoms with van der Waals surface area (Å²) in [6, 6.07) is 5.99. The predicted molar refractivity (Wildman–Crippen MR) is 104 cm³/mol. The molecule has 2 aromatic rings. The molecule has 0 aliphatic carbocycles. The Morgan fingerprint density at radius 2 is 1.93 bits per heavy atom. The Hall–Kier alpha value is -2.70. The SMILES string of the molecule is Cc1ccc(N2CC(C(=O)N3CC(c4nc(C(C)C)no4)C3)CC2=O)cc1C. The fourth-order valence-corrected chi connectivity index (χ4v) is 3.74. The Labute approximate surface area is 164 Å². The first-order valence-corrected chi connectivity index (χ1v) is 9.83. The Bertz CT molecular complexity index is 914. The largest absolute Gasteiger partial charge is 0.341 e. The molecule has 7 heteroatoms. The van der Waals surface area contributed by atoms with E-state index in [2.05, 4.69) is 10.1 Å². The molecule has 148 valence electrons. The summed E-state index contributed by atoms with van der Waals surface area (Å²) in [5, 5.41) is 3.99. The molecule has 0 saturated carbocycles. The zero-order valence-corrected chi connectivity index (χ0v) is 16.8. The summed E-state index contributed by atoms with van der Waals surface area (Å²) in [4.78, 5) is 33.3. The third kappa shape index (κ3) is 3.30. The van der Waals surface area contributed by atoms with E-state index in [0.717, 1.165) is 11.3 Å². The zero-order valence-electron chi connectivity index (χ0n) is 16.8. The van der Waals surface area contributed by atoms with Crippen molar-refractivity contribution in [2.24, 2.45) is 5.92 Å². The number of rotatable bonds is 4. The van der Waals surface area contributed by atoms with Crippen LogP contribution >= 0.6 is 0 Å². The molecule has 2 aliphatic rings. The fourth-order valence-electron chi connectivity index (χ4n) is 3.74. The molecule has 0 bridgehead atoms. The molecular formula is C21H26N4O3. The van der Waals surface area contributed by atoms with Crippen molar-refractivity contribution in [3.8, 4) is 0 Å². The van der Waals surface area contributed by atoms with E-state index in [9.17, 15) is 9.59 Å². The highest BCUT2D eigenvalue weighted by molar-refractivity contribution is 6.00. The van der Waals surface area contributed by atoms with Crippen LogP contribution in [0.15, 0.2) is 22.7 Å². The van der Waals surface area contributed by atoms with Gasteiger partial charge in [-0.3, -0.25) is 9.59 Å². The summed E-state index contributed by atoms with van der Waals surface area (Å²) in [5.41, 5.74) is 3.21. The van der Waals surface area contributed by atoms with Crippen molar-refractivity contribution in [3.63, 3.8) is 0 Å². The van der Waals surface area contributed by atoms with Gasteiger partial charge in [-0.15, -0.1) is 0 Å². The third-order valence-electron chi connectivity index (χ3n) is 5.79. The van der Waals surface area contributed by atoms with E-state index in [1.807, 2.05) is 45.9 Å². The van der Waals surface area contributed by atoms with Crippen LogP contribution in [0.4, 0.5) is 5.69 Å². The van der Waals surface area contributed by atoms with E-state index in [4.69, 9.17) is 4.52 Å². The van der Waals surface area contributed by atoms with Crippen LogP contribution in [-0.2, 0) is 9.59 Å². The lowest BCUT2D eigenvalue weighted by Crippen LogP contribution is -2.51. The number of amides is 2. The van der Waals surface area contributed by atoms with E-state index < -0.39 is 0 Å². The number of hydrogen-bond donors (Lipinski definition) is 0. The van der Waals surface area contributed by atoms with Gasteiger partial charge in [-0.1, -0.05) is 25.1 Å². The van der Waals surface area contributed by atoms with Crippen LogP contribution in [-0.4, -0.2) is 46.5 Å². The van der Waals surface area contributed by atoms with Crippen molar-refractivity contribution >= 4 is 17.5 Å². The highest BCUT2D eigenvalue weighted by atomic mass is 16.5. The first-order valence-electron chi connectivity index (χ1n) is 9.83. The molecule has 2 aliphatic heterocycles. The Morgan fingerprint density at radius 1 is 1.18 bits per heavy atom. The summed E-state index contributed by atoms with van der Waals surface area (Å²) in [7, 11) is 0. The summed E-state index contributed by atoms with van der Waals surface area (Å²) in [6.07, 6.45) is 0.269. The normalized spacial score (nSPS) is 20.2. The number of carbonyl (C=O) groups excluding carboxylic acids is 2. The van der Waals surface area contributed by atoms with E-state index in [1.54, 1.807) is 9.80 Å². The minimum Gasteiger partial charge on any atom is -0.341 e. The van der Waals surface area contributed by atoms with Gasteiger partial charge in [-0.25, -0.2) is 0 Å². The Balaban J connectivity index is 1.37. The molecule has 2 fully saturated rings. The summed E-state index contributed by atoms with van der Waals surface area (Å²) in [5.74, 6) is 1.38. The van der Waals surface area contributed by atoms with Gasteiger partial charge in [0.25, 0.3) is 0 Å². The highest BCUT2D eigenvalue weighted by Crippen LogP contribution is 2.32. The molecule has 7 nitrogen and oxygen atoms in total. The lowest BCUT2D eigenvalue weighted by atomic mass is 9.96. The molecule has 3 heterocycles. The minimum atomic E-state index is -0.288. The van der Waals surface area contributed by atoms with Crippen molar-refractivity contribution in [1.82, 2.24) is 15.0 Å². The molecule has 2 saturated heterocycles. The van der Waals surface area contributed by atoms with Gasteiger partial charge in [-0.2, -0.15) is 4.98 Å². The van der Waals surface area contributed by atoms with Gasteiger partial charge in [0.15, 0.2) is 5.82 Å². The third-order valence-corrected chi connectivity index (χ3v) is 5.79. The van der Waals surface area contributed by atoms with Gasteiger partial charge in [0.2, 0.25) is 17.7 Å². The fraction of sp³-hybridized carbons (Fsp3) is 0.524. The number of benzene rings is 1. The van der Waals surface area contributed by atoms with Crippen LogP contribution in [0, 0.1) is 19.8 Å². The van der Waals surface area contributed by atoms with Gasteiger partial charge in [0.05, 0.1) is 11.8 Å². The van der Waals surface area contributed by atoms with Gasteiger partial charge in [-0.05, 0) is 37.1 Å². The topological polar surface area (TPSA) is 79.5 Å². The maximum atomic E-state index is 12.8. The highest BCUT2D eigenvalue weighted by Gasteiger charge is 2.42. The average molecular weight is 382 g/mol.